The van der Waals surface area contributed by atoms with E-state index in [0.717, 1.165) is 19.6 Å². The summed E-state index contributed by atoms with van der Waals surface area (Å²) in [5.41, 5.74) is 4.13. The van der Waals surface area contributed by atoms with E-state index in [4.69, 9.17) is 0 Å². The average molecular weight is 234 g/mol. The molecule has 0 radical (unpaired) electrons. The Morgan fingerprint density at radius 2 is 2.00 bits per heavy atom. The molecule has 96 valence electrons. The zero-order valence-electron chi connectivity index (χ0n) is 11.9. The van der Waals surface area contributed by atoms with Crippen molar-refractivity contribution < 1.29 is 0 Å². The molecule has 17 heavy (non-hydrogen) atoms. The number of aryl methyl sites for hydroxylation is 2. The Morgan fingerprint density at radius 1 is 1.29 bits per heavy atom. The molecular formula is C15H26N2. The summed E-state index contributed by atoms with van der Waals surface area (Å²) in [7, 11) is 2.16. The Kier molecular flexibility index (Phi) is 5.66. The second-order valence-electron chi connectivity index (χ2n) is 4.93. The Labute approximate surface area is 106 Å². The van der Waals surface area contributed by atoms with E-state index >= 15 is 0 Å². The molecule has 1 rings (SSSR count). The Bertz CT molecular complexity index is 347. The molecule has 1 aromatic carbocycles. The van der Waals surface area contributed by atoms with E-state index in [1.54, 1.807) is 0 Å². The van der Waals surface area contributed by atoms with Gasteiger partial charge in [-0.3, -0.25) is 0 Å². The van der Waals surface area contributed by atoms with Crippen LogP contribution in [0.15, 0.2) is 18.2 Å². The smallest absolute Gasteiger partial charge is 0.0294 e. The highest BCUT2D eigenvalue weighted by atomic mass is 15.1. The molecule has 0 bridgehead atoms. The zero-order valence-corrected chi connectivity index (χ0v) is 11.9. The highest BCUT2D eigenvalue weighted by molar-refractivity contribution is 5.32. The highest BCUT2D eigenvalue weighted by Gasteiger charge is 2.07. The maximum Gasteiger partial charge on any atom is 0.0294 e. The van der Waals surface area contributed by atoms with Crippen LogP contribution in [0.5, 0.6) is 0 Å². The lowest BCUT2D eigenvalue weighted by atomic mass is 10.0. The molecule has 2 nitrogen and oxygen atoms in total. The topological polar surface area (TPSA) is 15.3 Å². The number of nitrogens with one attached hydrogen (secondary N) is 1. The molecule has 1 unspecified atom stereocenters. The van der Waals surface area contributed by atoms with Crippen LogP contribution in [-0.2, 0) is 0 Å². The molecular weight excluding hydrogens is 208 g/mol. The van der Waals surface area contributed by atoms with Crippen LogP contribution in [0, 0.1) is 13.8 Å². The number of hydrogen-bond acceptors (Lipinski definition) is 2. The predicted octanol–water partition coefficient (Wildman–Crippen LogP) is 2.91. The van der Waals surface area contributed by atoms with Crippen molar-refractivity contribution >= 4 is 0 Å². The summed E-state index contributed by atoms with van der Waals surface area (Å²) >= 11 is 0. The summed E-state index contributed by atoms with van der Waals surface area (Å²) in [6.07, 6.45) is 0. The molecule has 1 atom stereocenters. The summed E-state index contributed by atoms with van der Waals surface area (Å²) in [5, 5.41) is 3.58. The predicted molar refractivity (Wildman–Crippen MR) is 75.5 cm³/mol. The first-order valence-corrected chi connectivity index (χ1v) is 6.53. The minimum atomic E-state index is 0.431. The number of likely N-dealkylation sites (N-methyl/N-ethyl adjacent to an activating group) is 1. The maximum absolute atomic E-state index is 3.58. The molecule has 0 aliphatic heterocycles. The van der Waals surface area contributed by atoms with Crippen molar-refractivity contribution in [3.63, 3.8) is 0 Å². The molecule has 0 aliphatic carbocycles. The number of rotatable bonds is 6. The van der Waals surface area contributed by atoms with E-state index in [1.165, 1.54) is 16.7 Å². The Balaban J connectivity index is 2.49. The van der Waals surface area contributed by atoms with Gasteiger partial charge in [0.15, 0.2) is 0 Å². The van der Waals surface area contributed by atoms with Gasteiger partial charge < -0.3 is 10.2 Å². The van der Waals surface area contributed by atoms with Gasteiger partial charge in [0.2, 0.25) is 0 Å². The summed E-state index contributed by atoms with van der Waals surface area (Å²) in [5.74, 6) is 0. The quantitative estimate of drug-likeness (QED) is 0.814. The lowest BCUT2D eigenvalue weighted by Crippen LogP contribution is -2.30. The van der Waals surface area contributed by atoms with Crippen LogP contribution in [0.1, 0.15) is 36.6 Å². The molecule has 0 amide bonds. The second kappa shape index (κ2) is 6.77. The van der Waals surface area contributed by atoms with Gasteiger partial charge in [0, 0.05) is 19.1 Å². The SMILES string of the molecule is CCN(C)CCNC(C)c1ccc(C)cc1C. The van der Waals surface area contributed by atoms with Crippen LogP contribution >= 0.6 is 0 Å². The van der Waals surface area contributed by atoms with Crippen LogP contribution in [0.3, 0.4) is 0 Å². The number of hydrogen-bond donors (Lipinski definition) is 1. The van der Waals surface area contributed by atoms with Gasteiger partial charge in [-0.2, -0.15) is 0 Å². The molecule has 0 saturated carbocycles. The average Bonchev–Trinajstić information content (AvgIpc) is 2.28. The largest absolute Gasteiger partial charge is 0.309 e. The first-order chi connectivity index (χ1) is 8.04. The second-order valence-corrected chi connectivity index (χ2v) is 4.93. The van der Waals surface area contributed by atoms with Gasteiger partial charge in [-0.1, -0.05) is 30.7 Å². The molecule has 0 saturated heterocycles. The summed E-state index contributed by atoms with van der Waals surface area (Å²) in [6.45, 7) is 12.0. The minimum Gasteiger partial charge on any atom is -0.309 e. The van der Waals surface area contributed by atoms with Crippen LogP contribution in [0.4, 0.5) is 0 Å². The Morgan fingerprint density at radius 3 is 2.59 bits per heavy atom. The number of nitrogens with zero attached hydrogens (tertiary/aromatic N) is 1. The van der Waals surface area contributed by atoms with Gasteiger partial charge >= 0.3 is 0 Å². The standard InChI is InChI=1S/C15H26N2/c1-6-17(5)10-9-16-14(4)15-8-7-12(2)11-13(15)3/h7-8,11,14,16H,6,9-10H2,1-5H3. The lowest BCUT2D eigenvalue weighted by Gasteiger charge is -2.19. The first-order valence-electron chi connectivity index (χ1n) is 6.53. The van der Waals surface area contributed by atoms with Crippen molar-refractivity contribution in [3.05, 3.63) is 34.9 Å². The van der Waals surface area contributed by atoms with E-state index in [9.17, 15) is 0 Å². The third kappa shape index (κ3) is 4.49. The van der Waals surface area contributed by atoms with E-state index in [1.807, 2.05) is 0 Å². The van der Waals surface area contributed by atoms with Crippen LogP contribution in [0.25, 0.3) is 0 Å². The van der Waals surface area contributed by atoms with Gasteiger partial charge in [-0.15, -0.1) is 0 Å². The van der Waals surface area contributed by atoms with Gasteiger partial charge in [0.25, 0.3) is 0 Å². The molecule has 0 heterocycles. The fourth-order valence-electron chi connectivity index (χ4n) is 2.05. The van der Waals surface area contributed by atoms with Gasteiger partial charge in [0.1, 0.15) is 0 Å². The van der Waals surface area contributed by atoms with E-state index < -0.39 is 0 Å². The molecule has 1 N–H and O–H groups in total. The summed E-state index contributed by atoms with van der Waals surface area (Å²) < 4.78 is 0. The third-order valence-electron chi connectivity index (χ3n) is 3.38. The maximum atomic E-state index is 3.58. The molecule has 0 spiro atoms. The minimum absolute atomic E-state index is 0.431. The molecule has 0 aromatic heterocycles. The number of benzene rings is 1. The van der Waals surface area contributed by atoms with E-state index in [0.29, 0.717) is 6.04 Å². The zero-order chi connectivity index (χ0) is 12.8. The molecule has 2 heteroatoms. The van der Waals surface area contributed by atoms with E-state index in [2.05, 4.69) is 63.2 Å². The third-order valence-corrected chi connectivity index (χ3v) is 3.38. The van der Waals surface area contributed by atoms with Crippen molar-refractivity contribution in [2.24, 2.45) is 0 Å². The monoisotopic (exact) mass is 234 g/mol. The molecule has 1 aromatic rings. The van der Waals surface area contributed by atoms with Gasteiger partial charge in [0.05, 0.1) is 0 Å². The summed E-state index contributed by atoms with van der Waals surface area (Å²) in [4.78, 5) is 2.32. The Hall–Kier alpha value is -0.860. The van der Waals surface area contributed by atoms with Crippen LogP contribution < -0.4 is 5.32 Å². The van der Waals surface area contributed by atoms with E-state index in [-0.39, 0.29) is 0 Å². The highest BCUT2D eigenvalue weighted by Crippen LogP contribution is 2.18. The normalized spacial score (nSPS) is 13.1. The van der Waals surface area contributed by atoms with Crippen molar-refractivity contribution in [1.29, 1.82) is 0 Å². The van der Waals surface area contributed by atoms with Crippen LogP contribution in [0.2, 0.25) is 0 Å². The summed E-state index contributed by atoms with van der Waals surface area (Å²) in [6, 6.07) is 7.12. The fourth-order valence-corrected chi connectivity index (χ4v) is 2.05. The molecule has 0 fully saturated rings. The van der Waals surface area contributed by atoms with Crippen molar-refractivity contribution in [1.82, 2.24) is 10.2 Å². The van der Waals surface area contributed by atoms with Crippen molar-refractivity contribution in [2.45, 2.75) is 33.7 Å². The van der Waals surface area contributed by atoms with Crippen molar-refractivity contribution in [3.8, 4) is 0 Å². The van der Waals surface area contributed by atoms with Gasteiger partial charge in [-0.05, 0) is 45.5 Å². The first kappa shape index (κ1) is 14.2. The lowest BCUT2D eigenvalue weighted by molar-refractivity contribution is 0.342. The van der Waals surface area contributed by atoms with Crippen LogP contribution in [-0.4, -0.2) is 31.6 Å². The fraction of sp³-hybridized carbons (Fsp3) is 0.600. The van der Waals surface area contributed by atoms with Gasteiger partial charge in [-0.25, -0.2) is 0 Å². The van der Waals surface area contributed by atoms with Crippen molar-refractivity contribution in [2.75, 3.05) is 26.7 Å². The molecule has 0 aliphatic rings.